The van der Waals surface area contributed by atoms with Gasteiger partial charge >= 0.3 is 0 Å². The van der Waals surface area contributed by atoms with E-state index in [1.165, 1.54) is 25.7 Å². The molecule has 0 heterocycles. The highest BCUT2D eigenvalue weighted by atomic mass is 14.6. The summed E-state index contributed by atoms with van der Waals surface area (Å²) in [6.07, 6.45) is 14.3. The molecule has 0 aliphatic heterocycles. The maximum atomic E-state index is 5.97. The van der Waals surface area contributed by atoms with E-state index < -0.39 is 0 Å². The van der Waals surface area contributed by atoms with Crippen LogP contribution >= 0.6 is 0 Å². The molecule has 0 amide bonds. The Labute approximate surface area is 137 Å². The molecule has 2 fully saturated rings. The van der Waals surface area contributed by atoms with Gasteiger partial charge in [-0.05, 0) is 73.2 Å². The minimum Gasteiger partial charge on any atom is -0.330 e. The van der Waals surface area contributed by atoms with Gasteiger partial charge in [0, 0.05) is 0 Å². The summed E-state index contributed by atoms with van der Waals surface area (Å²) in [7, 11) is 0. The van der Waals surface area contributed by atoms with Gasteiger partial charge in [0.25, 0.3) is 0 Å². The van der Waals surface area contributed by atoms with Crippen molar-refractivity contribution in [3.63, 3.8) is 0 Å². The molecule has 124 valence electrons. The summed E-state index contributed by atoms with van der Waals surface area (Å²) in [6.45, 7) is 16.0. The molecule has 1 nitrogen and oxygen atoms in total. The van der Waals surface area contributed by atoms with E-state index in [2.05, 4.69) is 58.2 Å². The van der Waals surface area contributed by atoms with Gasteiger partial charge in [-0.15, -0.1) is 13.2 Å². The minimum absolute atomic E-state index is 0.378. The SMILES string of the molecule is C=CC1CC(/C=C\C2CC(C=C)C(C(C)(C)C)C2)C(CN)C1. The molecule has 2 N–H and O–H groups in total. The molecular weight excluding hydrogens is 266 g/mol. The third kappa shape index (κ3) is 3.93. The van der Waals surface area contributed by atoms with Crippen molar-refractivity contribution in [1.82, 2.24) is 0 Å². The van der Waals surface area contributed by atoms with Crippen LogP contribution in [0.25, 0.3) is 0 Å². The molecule has 0 aromatic heterocycles. The van der Waals surface area contributed by atoms with Crippen LogP contribution in [0.3, 0.4) is 0 Å². The van der Waals surface area contributed by atoms with Gasteiger partial charge in [-0.3, -0.25) is 0 Å². The normalized spacial score (nSPS) is 39.5. The molecule has 2 saturated carbocycles. The maximum Gasteiger partial charge on any atom is -0.00430 e. The average molecular weight is 302 g/mol. The van der Waals surface area contributed by atoms with Crippen molar-refractivity contribution in [3.05, 3.63) is 37.5 Å². The lowest BCUT2D eigenvalue weighted by atomic mass is 9.75. The van der Waals surface area contributed by atoms with E-state index in [9.17, 15) is 0 Å². The summed E-state index contributed by atoms with van der Waals surface area (Å²) in [6, 6.07) is 0. The van der Waals surface area contributed by atoms with Gasteiger partial charge in [0.2, 0.25) is 0 Å². The van der Waals surface area contributed by atoms with Crippen LogP contribution in [-0.4, -0.2) is 6.54 Å². The third-order valence-electron chi connectivity index (χ3n) is 6.12. The second-order valence-corrected chi connectivity index (χ2v) is 8.62. The highest BCUT2D eigenvalue weighted by Crippen LogP contribution is 2.47. The van der Waals surface area contributed by atoms with E-state index in [1.54, 1.807) is 0 Å². The molecule has 2 aliphatic carbocycles. The van der Waals surface area contributed by atoms with Crippen molar-refractivity contribution in [2.75, 3.05) is 6.54 Å². The Balaban J connectivity index is 1.99. The number of nitrogens with two attached hydrogens (primary N) is 1. The summed E-state index contributed by atoms with van der Waals surface area (Å²) < 4.78 is 0. The van der Waals surface area contributed by atoms with Crippen molar-refractivity contribution in [1.29, 1.82) is 0 Å². The highest BCUT2D eigenvalue weighted by Gasteiger charge is 2.38. The van der Waals surface area contributed by atoms with Gasteiger partial charge in [-0.1, -0.05) is 45.1 Å². The van der Waals surface area contributed by atoms with Crippen molar-refractivity contribution in [2.24, 2.45) is 46.7 Å². The first kappa shape index (κ1) is 17.5. The summed E-state index contributed by atoms with van der Waals surface area (Å²) in [4.78, 5) is 0. The smallest absolute Gasteiger partial charge is 0.00430 e. The Hall–Kier alpha value is -0.820. The number of rotatable bonds is 5. The van der Waals surface area contributed by atoms with E-state index in [0.717, 1.165) is 12.5 Å². The van der Waals surface area contributed by atoms with Gasteiger partial charge in [0.15, 0.2) is 0 Å². The molecule has 0 aromatic carbocycles. The molecule has 0 saturated heterocycles. The first-order valence-corrected chi connectivity index (χ1v) is 9.02. The van der Waals surface area contributed by atoms with Crippen LogP contribution in [0, 0.1) is 40.9 Å². The molecule has 6 atom stereocenters. The summed E-state index contributed by atoms with van der Waals surface area (Å²) >= 11 is 0. The first-order valence-electron chi connectivity index (χ1n) is 9.02. The van der Waals surface area contributed by atoms with Crippen LogP contribution in [-0.2, 0) is 0 Å². The topological polar surface area (TPSA) is 26.0 Å². The molecular formula is C21H35N. The zero-order valence-corrected chi connectivity index (χ0v) is 14.8. The van der Waals surface area contributed by atoms with Crippen molar-refractivity contribution < 1.29 is 0 Å². The summed E-state index contributed by atoms with van der Waals surface area (Å²) in [5, 5.41) is 0. The fourth-order valence-electron chi connectivity index (χ4n) is 4.73. The summed E-state index contributed by atoms with van der Waals surface area (Å²) in [5.74, 6) is 4.11. The van der Waals surface area contributed by atoms with Crippen LogP contribution < -0.4 is 5.73 Å². The standard InChI is InChI=1S/C21H35N/c1-6-15-10-18(19(11-15)14-22)9-8-16-12-17(7-2)20(13-16)21(3,4)5/h6-9,15-20H,1-2,10-14,22H2,3-5H3/b9-8-. The molecule has 0 aromatic rings. The number of hydrogen-bond donors (Lipinski definition) is 1. The van der Waals surface area contributed by atoms with Gasteiger partial charge in [-0.2, -0.15) is 0 Å². The van der Waals surface area contributed by atoms with E-state index in [1.807, 2.05) is 0 Å². The van der Waals surface area contributed by atoms with Gasteiger partial charge in [0.05, 0.1) is 0 Å². The lowest BCUT2D eigenvalue weighted by Gasteiger charge is -2.30. The lowest BCUT2D eigenvalue weighted by Crippen LogP contribution is -2.22. The van der Waals surface area contributed by atoms with Crippen LogP contribution in [0.5, 0.6) is 0 Å². The predicted molar refractivity (Wildman–Crippen MR) is 97.5 cm³/mol. The Kier molecular flexibility index (Phi) is 5.71. The summed E-state index contributed by atoms with van der Waals surface area (Å²) in [5.41, 5.74) is 6.34. The van der Waals surface area contributed by atoms with E-state index >= 15 is 0 Å². The van der Waals surface area contributed by atoms with E-state index in [4.69, 9.17) is 5.73 Å². The molecule has 0 bridgehead atoms. The lowest BCUT2D eigenvalue weighted by molar-refractivity contribution is 0.209. The third-order valence-corrected chi connectivity index (χ3v) is 6.12. The Morgan fingerprint density at radius 2 is 1.59 bits per heavy atom. The van der Waals surface area contributed by atoms with Gasteiger partial charge in [0.1, 0.15) is 0 Å². The molecule has 2 rings (SSSR count). The monoisotopic (exact) mass is 301 g/mol. The molecule has 6 unspecified atom stereocenters. The van der Waals surface area contributed by atoms with Gasteiger partial charge < -0.3 is 5.73 Å². The zero-order valence-electron chi connectivity index (χ0n) is 14.8. The van der Waals surface area contributed by atoms with Gasteiger partial charge in [-0.25, -0.2) is 0 Å². The largest absolute Gasteiger partial charge is 0.330 e. The van der Waals surface area contributed by atoms with Crippen LogP contribution in [0.2, 0.25) is 0 Å². The molecule has 0 radical (unpaired) electrons. The Bertz CT molecular complexity index is 414. The van der Waals surface area contributed by atoms with Crippen LogP contribution in [0.15, 0.2) is 37.5 Å². The van der Waals surface area contributed by atoms with Crippen LogP contribution in [0.4, 0.5) is 0 Å². The predicted octanol–water partition coefficient (Wildman–Crippen LogP) is 5.20. The maximum absolute atomic E-state index is 5.97. The second kappa shape index (κ2) is 7.17. The number of hydrogen-bond acceptors (Lipinski definition) is 1. The van der Waals surface area contributed by atoms with Crippen molar-refractivity contribution in [3.8, 4) is 0 Å². The fraction of sp³-hybridized carbons (Fsp3) is 0.714. The highest BCUT2D eigenvalue weighted by molar-refractivity contribution is 5.07. The molecule has 0 spiro atoms. The van der Waals surface area contributed by atoms with E-state index in [-0.39, 0.29) is 0 Å². The fourth-order valence-corrected chi connectivity index (χ4v) is 4.73. The molecule has 2 aliphatic rings. The quantitative estimate of drug-likeness (QED) is 0.694. The molecule has 22 heavy (non-hydrogen) atoms. The van der Waals surface area contributed by atoms with Crippen molar-refractivity contribution in [2.45, 2.75) is 46.5 Å². The van der Waals surface area contributed by atoms with Crippen molar-refractivity contribution >= 4 is 0 Å². The Morgan fingerprint density at radius 1 is 0.909 bits per heavy atom. The first-order chi connectivity index (χ1) is 10.4. The van der Waals surface area contributed by atoms with Crippen LogP contribution in [0.1, 0.15) is 46.5 Å². The van der Waals surface area contributed by atoms with E-state index in [0.29, 0.717) is 35.0 Å². The Morgan fingerprint density at radius 3 is 2.09 bits per heavy atom. The number of allylic oxidation sites excluding steroid dienone is 4. The second-order valence-electron chi connectivity index (χ2n) is 8.62. The zero-order chi connectivity index (χ0) is 16.3. The average Bonchev–Trinajstić information content (AvgIpc) is 3.07. The minimum atomic E-state index is 0.378. The molecule has 1 heteroatoms.